The number of fused-ring (bicyclic) bond motifs is 2. The molecule has 0 bridgehead atoms. The second kappa shape index (κ2) is 14.0. The molecule has 250 valence electrons. The number of hydrogen-bond donors (Lipinski definition) is 0. The lowest BCUT2D eigenvalue weighted by atomic mass is 9.97. The minimum Gasteiger partial charge on any atom is -0.367 e. The third-order valence-electron chi connectivity index (χ3n) is 9.62. The largest absolute Gasteiger partial charge is 0.367 e. The molecular formula is C35H39N7O5S. The van der Waals surface area contributed by atoms with E-state index in [-0.39, 0.29) is 17.1 Å². The summed E-state index contributed by atoms with van der Waals surface area (Å²) in [4.78, 5) is 18.1. The quantitative estimate of drug-likeness (QED) is 0.140. The van der Waals surface area contributed by atoms with E-state index in [1.807, 2.05) is 36.4 Å². The lowest BCUT2D eigenvalue weighted by Crippen LogP contribution is -2.50. The van der Waals surface area contributed by atoms with Gasteiger partial charge in [-0.15, -0.1) is 0 Å². The van der Waals surface area contributed by atoms with Crippen LogP contribution in [0.3, 0.4) is 0 Å². The number of benzene rings is 4. The van der Waals surface area contributed by atoms with Crippen LogP contribution in [0.4, 0.5) is 11.4 Å². The number of anilines is 1. The first-order chi connectivity index (χ1) is 23.3. The summed E-state index contributed by atoms with van der Waals surface area (Å²) in [6.07, 6.45) is 2.04. The first-order valence-corrected chi connectivity index (χ1v) is 17.9. The number of aromatic nitrogens is 2. The van der Waals surface area contributed by atoms with Crippen LogP contribution in [0, 0.1) is 16.0 Å². The fraction of sp³-hybridized carbons (Fsp3) is 0.371. The van der Waals surface area contributed by atoms with Crippen molar-refractivity contribution in [2.45, 2.75) is 24.3 Å². The number of rotatable bonds is 11. The van der Waals surface area contributed by atoms with Gasteiger partial charge in [0.2, 0.25) is 15.5 Å². The molecule has 0 amide bonds. The summed E-state index contributed by atoms with van der Waals surface area (Å²) in [5.74, 6) is 0.232. The molecule has 0 spiro atoms. The molecule has 13 heteroatoms. The smallest absolute Gasteiger partial charge is 0.300 e. The molecule has 0 unspecified atom stereocenters. The summed E-state index contributed by atoms with van der Waals surface area (Å²) in [5.41, 5.74) is 2.39. The van der Waals surface area contributed by atoms with E-state index < -0.39 is 14.9 Å². The Bertz CT molecular complexity index is 2000. The van der Waals surface area contributed by atoms with Crippen LogP contribution in [0.5, 0.6) is 0 Å². The Morgan fingerprint density at radius 2 is 1.60 bits per heavy atom. The van der Waals surface area contributed by atoms with E-state index in [9.17, 15) is 18.5 Å². The number of piperidine rings is 1. The van der Waals surface area contributed by atoms with Crippen molar-refractivity contribution in [3.63, 3.8) is 0 Å². The van der Waals surface area contributed by atoms with E-state index in [0.29, 0.717) is 56.2 Å². The summed E-state index contributed by atoms with van der Waals surface area (Å²) < 4.78 is 35.2. The highest BCUT2D eigenvalue weighted by Gasteiger charge is 2.31. The van der Waals surface area contributed by atoms with Crippen LogP contribution in [-0.4, -0.2) is 96.7 Å². The summed E-state index contributed by atoms with van der Waals surface area (Å²) in [5, 5.41) is 21.1. The van der Waals surface area contributed by atoms with Crippen LogP contribution in [0.25, 0.3) is 21.8 Å². The highest BCUT2D eigenvalue weighted by atomic mass is 32.2. The molecule has 3 heterocycles. The van der Waals surface area contributed by atoms with Gasteiger partial charge in [-0.1, -0.05) is 60.7 Å². The van der Waals surface area contributed by atoms with Gasteiger partial charge in [0.25, 0.3) is 0 Å². The molecule has 12 nitrogen and oxygen atoms in total. The van der Waals surface area contributed by atoms with Crippen molar-refractivity contribution < 1.29 is 18.0 Å². The molecular weight excluding hydrogens is 630 g/mol. The number of nitro benzene ring substituents is 1. The topological polar surface area (TPSA) is 129 Å². The molecule has 5 aromatic rings. The third kappa shape index (κ3) is 6.90. The molecule has 0 N–H and O–H groups in total. The number of nitro groups is 1. The molecule has 0 radical (unpaired) electrons. The van der Waals surface area contributed by atoms with Crippen LogP contribution in [-0.2, 0) is 16.6 Å². The molecule has 7 rings (SSSR count). The van der Waals surface area contributed by atoms with Crippen LogP contribution in [0.15, 0.2) is 94.5 Å². The highest BCUT2D eigenvalue weighted by Crippen LogP contribution is 2.32. The Morgan fingerprint density at radius 1 is 0.854 bits per heavy atom. The first kappa shape index (κ1) is 32.1. The molecule has 1 atom stereocenters. The van der Waals surface area contributed by atoms with Gasteiger partial charge in [-0.2, -0.15) is 4.31 Å². The second-order valence-electron chi connectivity index (χ2n) is 12.8. The molecule has 1 aromatic heterocycles. The Labute approximate surface area is 279 Å². The zero-order valence-electron chi connectivity index (χ0n) is 26.7. The number of sulfonamides is 1. The van der Waals surface area contributed by atoms with E-state index in [0.717, 1.165) is 48.9 Å². The summed E-state index contributed by atoms with van der Waals surface area (Å²) in [6.45, 7) is 6.94. The highest BCUT2D eigenvalue weighted by molar-refractivity contribution is 7.89. The Kier molecular flexibility index (Phi) is 9.35. The SMILES string of the molecule is O=[N+]([O-])c1ccc(N2CCN(CCN(C[C@H]3CCCN(Cc4ccccc4)C3)S(=O)(=O)c3ccc4ccccc4c3)CC2)c2nonc12. The number of non-ortho nitro benzene ring substituents is 1. The lowest BCUT2D eigenvalue weighted by molar-refractivity contribution is -0.383. The van der Waals surface area contributed by atoms with Gasteiger partial charge in [-0.05, 0) is 70.2 Å². The van der Waals surface area contributed by atoms with Crippen LogP contribution in [0.1, 0.15) is 18.4 Å². The summed E-state index contributed by atoms with van der Waals surface area (Å²) in [7, 11) is -3.75. The zero-order chi connectivity index (χ0) is 33.1. The van der Waals surface area contributed by atoms with Gasteiger partial charge in [0.05, 0.1) is 15.5 Å². The third-order valence-corrected chi connectivity index (χ3v) is 11.5. The van der Waals surface area contributed by atoms with Gasteiger partial charge in [0.15, 0.2) is 5.52 Å². The van der Waals surface area contributed by atoms with E-state index in [4.69, 9.17) is 4.63 Å². The van der Waals surface area contributed by atoms with Gasteiger partial charge < -0.3 is 4.90 Å². The Morgan fingerprint density at radius 3 is 2.40 bits per heavy atom. The first-order valence-electron chi connectivity index (χ1n) is 16.5. The van der Waals surface area contributed by atoms with Crippen molar-refractivity contribution >= 4 is 43.2 Å². The standard InChI is InChI=1S/C35H39N7O5S/c43-42(44)33-15-14-32(34-35(33)37-47-36-34)40-20-17-38(18-21-40)19-22-41(48(45,46)31-13-12-29-10-4-5-11-30(29)23-31)26-28-9-6-16-39(25-28)24-27-7-2-1-3-8-27/h1-5,7-8,10-15,23,28H,6,9,16-22,24-26H2/t28-/m0/s1. The van der Waals surface area contributed by atoms with Crippen molar-refractivity contribution in [2.75, 3.05) is 63.8 Å². The zero-order valence-corrected chi connectivity index (χ0v) is 27.5. The number of hydrogen-bond acceptors (Lipinski definition) is 10. The van der Waals surface area contributed by atoms with Gasteiger partial charge in [0, 0.05) is 65.0 Å². The fourth-order valence-corrected chi connectivity index (χ4v) is 8.61. The monoisotopic (exact) mass is 669 g/mol. The molecule has 2 fully saturated rings. The van der Waals surface area contributed by atoms with Crippen LogP contribution >= 0.6 is 0 Å². The minimum atomic E-state index is -3.75. The molecule has 2 aliphatic rings. The average molecular weight is 670 g/mol. The Balaban J connectivity index is 1.05. The van der Waals surface area contributed by atoms with Gasteiger partial charge in [-0.3, -0.25) is 19.9 Å². The molecule has 48 heavy (non-hydrogen) atoms. The van der Waals surface area contributed by atoms with Gasteiger partial charge in [0.1, 0.15) is 0 Å². The van der Waals surface area contributed by atoms with E-state index in [2.05, 4.69) is 49.3 Å². The maximum Gasteiger partial charge on any atom is 0.300 e. The molecule has 2 aliphatic heterocycles. The fourth-order valence-electron chi connectivity index (χ4n) is 7.07. The van der Waals surface area contributed by atoms with Gasteiger partial charge >= 0.3 is 5.69 Å². The van der Waals surface area contributed by atoms with Crippen molar-refractivity contribution in [2.24, 2.45) is 5.92 Å². The van der Waals surface area contributed by atoms with E-state index in [1.165, 1.54) is 11.6 Å². The summed E-state index contributed by atoms with van der Waals surface area (Å²) in [6, 6.07) is 26.8. The summed E-state index contributed by atoms with van der Waals surface area (Å²) >= 11 is 0. The maximum absolute atomic E-state index is 14.3. The van der Waals surface area contributed by atoms with Crippen molar-refractivity contribution in [3.05, 3.63) is 101 Å². The number of piperazine rings is 1. The predicted molar refractivity (Wildman–Crippen MR) is 184 cm³/mol. The van der Waals surface area contributed by atoms with Crippen LogP contribution in [0.2, 0.25) is 0 Å². The predicted octanol–water partition coefficient (Wildman–Crippen LogP) is 5.01. The normalized spacial score (nSPS) is 18.2. The Hall–Kier alpha value is -4.43. The number of likely N-dealkylation sites (tertiary alicyclic amines) is 1. The molecule has 2 saturated heterocycles. The molecule has 4 aromatic carbocycles. The maximum atomic E-state index is 14.3. The van der Waals surface area contributed by atoms with Gasteiger partial charge in [-0.25, -0.2) is 13.0 Å². The van der Waals surface area contributed by atoms with Crippen molar-refractivity contribution in [1.82, 2.24) is 24.4 Å². The molecule has 0 aliphatic carbocycles. The van der Waals surface area contributed by atoms with Crippen molar-refractivity contribution in [1.29, 1.82) is 0 Å². The number of nitrogens with zero attached hydrogens (tertiary/aromatic N) is 7. The van der Waals surface area contributed by atoms with Crippen LogP contribution < -0.4 is 4.90 Å². The average Bonchev–Trinajstić information content (AvgIpc) is 3.60. The second-order valence-corrected chi connectivity index (χ2v) is 14.7. The minimum absolute atomic E-state index is 0.137. The molecule has 0 saturated carbocycles. The van der Waals surface area contributed by atoms with Crippen molar-refractivity contribution in [3.8, 4) is 0 Å². The lowest BCUT2D eigenvalue weighted by Gasteiger charge is -2.38. The van der Waals surface area contributed by atoms with E-state index in [1.54, 1.807) is 22.5 Å². The van der Waals surface area contributed by atoms with E-state index >= 15 is 0 Å².